The molecule has 0 aromatic heterocycles. The number of urea groups is 1. The first-order valence-electron chi connectivity index (χ1n) is 22.0. The van der Waals surface area contributed by atoms with Gasteiger partial charge in [0.25, 0.3) is 0 Å². The van der Waals surface area contributed by atoms with Crippen LogP contribution in [0.5, 0.6) is 0 Å². The van der Waals surface area contributed by atoms with Gasteiger partial charge >= 0.3 is 6.03 Å². The van der Waals surface area contributed by atoms with Crippen LogP contribution in [-0.4, -0.2) is 98.1 Å². The maximum absolute atomic E-state index is 14.3. The Hall–Kier alpha value is -4.49. The highest BCUT2D eigenvalue weighted by Crippen LogP contribution is 2.33. The third kappa shape index (κ3) is 15.2. The van der Waals surface area contributed by atoms with Gasteiger partial charge in [-0.25, -0.2) is 4.79 Å². The highest BCUT2D eigenvalue weighted by molar-refractivity contribution is 5.92. The van der Waals surface area contributed by atoms with E-state index < -0.39 is 24.2 Å². The number of rotatable bonds is 25. The number of amides is 6. The van der Waals surface area contributed by atoms with Crippen molar-refractivity contribution in [1.29, 1.82) is 0 Å². The molecule has 0 bridgehead atoms. The topological polar surface area (TPSA) is 172 Å². The molecule has 8 atom stereocenters. The third-order valence-corrected chi connectivity index (χ3v) is 12.4. The van der Waals surface area contributed by atoms with E-state index in [0.717, 1.165) is 36.8 Å². The molecule has 2 aromatic rings. The second-order valence-corrected chi connectivity index (χ2v) is 17.2. The number of nitrogens with two attached hydrogens (primary N) is 1. The van der Waals surface area contributed by atoms with E-state index in [0.29, 0.717) is 56.9 Å². The Morgan fingerprint density at radius 1 is 0.883 bits per heavy atom. The van der Waals surface area contributed by atoms with Crippen molar-refractivity contribution in [3.8, 4) is 0 Å². The molecule has 1 aliphatic heterocycles. The number of anilines is 1. The molecule has 5 N–H and O–H groups in total. The smallest absolute Gasteiger partial charge is 0.312 e. The standard InChI is InChI=1S/C47H74N6O7/c1-10-32(4)43(52(7)41(54)25-20-31(2)3)40(59-8)29-42(55)53-27-15-19-39(53)44(60-9)34(6)38(28-35-17-12-11-13-18-35)46(57)50-30-36-21-23-37(24-22-36)51-45(56)33(5)16-14-26-49-47(48)58/h11-13,17-18,21-24,31-34,38-40,43-44H,10,14-16,19-20,25-30H2,1-9H3,(H,50,57)(H,51,56)(H3,48,49,58). The number of carbonyl (C=O) groups excluding carboxylic acids is 5. The van der Waals surface area contributed by atoms with E-state index in [4.69, 9.17) is 15.2 Å². The summed E-state index contributed by atoms with van der Waals surface area (Å²) in [7, 11) is 5.13. The Balaban J connectivity index is 1.73. The Labute approximate surface area is 359 Å². The zero-order chi connectivity index (χ0) is 44.4. The summed E-state index contributed by atoms with van der Waals surface area (Å²) in [5, 5.41) is 8.64. The fraction of sp³-hybridized carbons (Fsp3) is 0.638. The predicted molar refractivity (Wildman–Crippen MR) is 237 cm³/mol. The van der Waals surface area contributed by atoms with Crippen LogP contribution in [-0.2, 0) is 41.6 Å². The number of carbonyl (C=O) groups is 5. The summed E-state index contributed by atoms with van der Waals surface area (Å²) in [6.07, 6.45) is 4.66. The lowest BCUT2D eigenvalue weighted by Crippen LogP contribution is -2.53. The normalized spacial score (nSPS) is 17.5. The van der Waals surface area contributed by atoms with Crippen molar-refractivity contribution in [2.75, 3.05) is 39.7 Å². The summed E-state index contributed by atoms with van der Waals surface area (Å²) >= 11 is 0. The average molecular weight is 835 g/mol. The number of methoxy groups -OCH3 is 2. The molecule has 8 unspecified atom stereocenters. The molecule has 1 fully saturated rings. The minimum Gasteiger partial charge on any atom is -0.379 e. The van der Waals surface area contributed by atoms with Crippen LogP contribution in [0.4, 0.5) is 10.5 Å². The minimum atomic E-state index is -0.580. The van der Waals surface area contributed by atoms with Crippen molar-refractivity contribution in [3.63, 3.8) is 0 Å². The Bertz CT molecular complexity index is 1640. The van der Waals surface area contributed by atoms with Crippen molar-refractivity contribution in [2.45, 2.75) is 130 Å². The Morgan fingerprint density at radius 2 is 1.57 bits per heavy atom. The van der Waals surface area contributed by atoms with Crippen LogP contribution >= 0.6 is 0 Å². The van der Waals surface area contributed by atoms with E-state index >= 15 is 0 Å². The zero-order valence-corrected chi connectivity index (χ0v) is 37.7. The molecular weight excluding hydrogens is 761 g/mol. The summed E-state index contributed by atoms with van der Waals surface area (Å²) in [5.41, 5.74) is 7.67. The Morgan fingerprint density at radius 3 is 2.17 bits per heavy atom. The number of benzene rings is 2. The summed E-state index contributed by atoms with van der Waals surface area (Å²) < 4.78 is 12.3. The second-order valence-electron chi connectivity index (χ2n) is 17.2. The second kappa shape index (κ2) is 25.3. The van der Waals surface area contributed by atoms with Gasteiger partial charge in [0, 0.05) is 64.8 Å². The van der Waals surface area contributed by atoms with Gasteiger partial charge in [-0.3, -0.25) is 19.2 Å². The van der Waals surface area contributed by atoms with Crippen molar-refractivity contribution < 1.29 is 33.4 Å². The van der Waals surface area contributed by atoms with Crippen LogP contribution in [0, 0.1) is 29.6 Å². The van der Waals surface area contributed by atoms with Crippen LogP contribution in [0.1, 0.15) is 104 Å². The van der Waals surface area contributed by atoms with E-state index in [1.807, 2.05) is 80.4 Å². The monoisotopic (exact) mass is 835 g/mol. The van der Waals surface area contributed by atoms with Crippen molar-refractivity contribution in [2.24, 2.45) is 35.3 Å². The van der Waals surface area contributed by atoms with E-state index in [1.165, 1.54) is 0 Å². The van der Waals surface area contributed by atoms with Crippen LogP contribution in [0.25, 0.3) is 0 Å². The number of ether oxygens (including phenoxy) is 2. The van der Waals surface area contributed by atoms with Gasteiger partial charge in [0.1, 0.15) is 0 Å². The van der Waals surface area contributed by atoms with Crippen LogP contribution in [0.3, 0.4) is 0 Å². The molecule has 1 heterocycles. The summed E-state index contributed by atoms with van der Waals surface area (Å²) in [4.78, 5) is 69.2. The molecule has 13 heteroatoms. The number of likely N-dealkylation sites (N-methyl/N-ethyl adjacent to an activating group) is 1. The quantitative estimate of drug-likeness (QED) is 0.0823. The largest absolute Gasteiger partial charge is 0.379 e. The van der Waals surface area contributed by atoms with Crippen LogP contribution in [0.2, 0.25) is 0 Å². The minimum absolute atomic E-state index is 0.0365. The molecule has 0 radical (unpaired) electrons. The lowest BCUT2D eigenvalue weighted by Gasteiger charge is -2.40. The summed E-state index contributed by atoms with van der Waals surface area (Å²) in [5.74, 6) is -0.624. The summed E-state index contributed by atoms with van der Waals surface area (Å²) in [6, 6.07) is 16.3. The van der Waals surface area contributed by atoms with E-state index in [9.17, 15) is 24.0 Å². The van der Waals surface area contributed by atoms with Crippen molar-refractivity contribution in [1.82, 2.24) is 20.4 Å². The highest BCUT2D eigenvalue weighted by atomic mass is 16.5. The fourth-order valence-corrected chi connectivity index (χ4v) is 8.45. The van der Waals surface area contributed by atoms with Gasteiger partial charge in [-0.15, -0.1) is 0 Å². The van der Waals surface area contributed by atoms with Gasteiger partial charge in [0.2, 0.25) is 23.6 Å². The first-order valence-corrected chi connectivity index (χ1v) is 22.0. The van der Waals surface area contributed by atoms with Crippen LogP contribution in [0.15, 0.2) is 54.6 Å². The Kier molecular flexibility index (Phi) is 21.0. The van der Waals surface area contributed by atoms with Gasteiger partial charge in [-0.1, -0.05) is 90.4 Å². The van der Waals surface area contributed by atoms with Crippen molar-refractivity contribution in [3.05, 3.63) is 65.7 Å². The first kappa shape index (κ1) is 49.9. The molecule has 6 amide bonds. The van der Waals surface area contributed by atoms with Gasteiger partial charge in [0.15, 0.2) is 0 Å². The number of hydrogen-bond donors (Lipinski definition) is 4. The zero-order valence-electron chi connectivity index (χ0n) is 37.7. The van der Waals surface area contributed by atoms with E-state index in [-0.39, 0.29) is 59.9 Å². The third-order valence-electron chi connectivity index (χ3n) is 12.4. The van der Waals surface area contributed by atoms with E-state index in [1.54, 1.807) is 19.1 Å². The van der Waals surface area contributed by atoms with Crippen molar-refractivity contribution >= 4 is 35.3 Å². The lowest BCUT2D eigenvalue weighted by molar-refractivity contribution is -0.145. The lowest BCUT2D eigenvalue weighted by atomic mass is 9.80. The number of nitrogens with zero attached hydrogens (tertiary/aromatic N) is 2. The van der Waals surface area contributed by atoms with Gasteiger partial charge in [-0.05, 0) is 79.5 Å². The molecule has 0 saturated carbocycles. The number of primary amides is 1. The molecule has 334 valence electrons. The molecule has 0 aliphatic carbocycles. The molecule has 1 aliphatic rings. The molecule has 1 saturated heterocycles. The maximum Gasteiger partial charge on any atom is 0.312 e. The SMILES string of the molecule is CCC(C)C(C(CC(=O)N1CCCC1C(OC)C(C)C(Cc1ccccc1)C(=O)NCc1ccc(NC(=O)C(C)CCCNC(N)=O)cc1)OC)N(C)C(=O)CCC(C)C. The van der Waals surface area contributed by atoms with Crippen LogP contribution < -0.4 is 21.7 Å². The molecule has 60 heavy (non-hydrogen) atoms. The fourth-order valence-electron chi connectivity index (χ4n) is 8.45. The summed E-state index contributed by atoms with van der Waals surface area (Å²) in [6.45, 7) is 13.6. The highest BCUT2D eigenvalue weighted by Gasteiger charge is 2.43. The molecular formula is C47H74N6O7. The average Bonchev–Trinajstić information content (AvgIpc) is 3.72. The molecule has 3 rings (SSSR count). The molecule has 2 aromatic carbocycles. The van der Waals surface area contributed by atoms with Gasteiger partial charge in [0.05, 0.1) is 30.7 Å². The van der Waals surface area contributed by atoms with Gasteiger partial charge < -0.3 is 41.0 Å². The number of nitrogens with one attached hydrogen (secondary N) is 3. The molecule has 0 spiro atoms. The van der Waals surface area contributed by atoms with Gasteiger partial charge in [-0.2, -0.15) is 0 Å². The van der Waals surface area contributed by atoms with E-state index in [2.05, 4.69) is 43.6 Å². The predicted octanol–water partition coefficient (Wildman–Crippen LogP) is 6.54. The first-order chi connectivity index (χ1) is 28.6. The maximum atomic E-state index is 14.3. The molecule has 13 nitrogen and oxygen atoms in total. The number of likely N-dealkylation sites (tertiary alicyclic amines) is 1. The number of hydrogen-bond acceptors (Lipinski definition) is 7.